The number of fused-ring (bicyclic) bond motifs is 1. The monoisotopic (exact) mass is 454 g/mol. The molecular formula is C27H26N4OS. The smallest absolute Gasteiger partial charge is 0.255 e. The Labute approximate surface area is 198 Å². The molecule has 1 saturated heterocycles. The fraction of sp³-hybridized carbons (Fsp3) is 0.185. The van der Waals surface area contributed by atoms with Crippen LogP contribution in [0.3, 0.4) is 0 Å². The Bertz CT molecular complexity index is 1230. The third-order valence-electron chi connectivity index (χ3n) is 5.78. The van der Waals surface area contributed by atoms with Gasteiger partial charge in [0.1, 0.15) is 0 Å². The zero-order chi connectivity index (χ0) is 22.5. The normalized spacial score (nSPS) is 14.2. The molecule has 1 aliphatic heterocycles. The number of nitrogens with one attached hydrogen (secondary N) is 3. The van der Waals surface area contributed by atoms with Crippen molar-refractivity contribution in [2.24, 2.45) is 0 Å². The molecule has 0 atom stereocenters. The highest BCUT2D eigenvalue weighted by atomic mass is 32.2. The molecule has 1 amide bonds. The summed E-state index contributed by atoms with van der Waals surface area (Å²) in [5.74, 6) is -0.116. The first kappa shape index (κ1) is 21.5. The fourth-order valence-corrected chi connectivity index (χ4v) is 5.14. The van der Waals surface area contributed by atoms with Crippen molar-refractivity contribution in [3.05, 3.63) is 90.6 Å². The molecule has 0 spiro atoms. The van der Waals surface area contributed by atoms with Crippen LogP contribution < -0.4 is 16.0 Å². The summed E-state index contributed by atoms with van der Waals surface area (Å²) in [5, 5.41) is 11.6. The van der Waals surface area contributed by atoms with Crippen LogP contribution in [-0.2, 0) is 0 Å². The van der Waals surface area contributed by atoms with E-state index in [-0.39, 0.29) is 5.91 Å². The number of benzene rings is 3. The van der Waals surface area contributed by atoms with Crippen molar-refractivity contribution in [1.29, 1.82) is 0 Å². The van der Waals surface area contributed by atoms with Crippen molar-refractivity contribution >= 4 is 45.6 Å². The third kappa shape index (κ3) is 5.35. The summed E-state index contributed by atoms with van der Waals surface area (Å²) in [5.41, 5.74) is 4.27. The Hall–Kier alpha value is -3.35. The van der Waals surface area contributed by atoms with Gasteiger partial charge in [-0.15, -0.1) is 11.8 Å². The minimum atomic E-state index is -0.116. The van der Waals surface area contributed by atoms with Gasteiger partial charge < -0.3 is 16.0 Å². The Kier molecular flexibility index (Phi) is 6.56. The van der Waals surface area contributed by atoms with Gasteiger partial charge in [0.2, 0.25) is 0 Å². The molecule has 5 rings (SSSR count). The molecule has 0 unspecified atom stereocenters. The highest BCUT2D eigenvalue weighted by Gasteiger charge is 2.14. The number of nitrogens with zero attached hydrogens (tertiary/aromatic N) is 1. The SMILES string of the molecule is O=C(Nc1ccc(SC2CCNCC2)cc1)c1ccc(Nc2ccnc3ccccc23)cc1. The highest BCUT2D eigenvalue weighted by Crippen LogP contribution is 2.30. The lowest BCUT2D eigenvalue weighted by molar-refractivity contribution is 0.102. The zero-order valence-corrected chi connectivity index (χ0v) is 19.1. The number of pyridine rings is 1. The van der Waals surface area contributed by atoms with Crippen molar-refractivity contribution in [1.82, 2.24) is 10.3 Å². The van der Waals surface area contributed by atoms with Crippen LogP contribution in [0, 0.1) is 0 Å². The van der Waals surface area contributed by atoms with Crippen LogP contribution in [0.15, 0.2) is 90.0 Å². The molecule has 2 heterocycles. The number of rotatable bonds is 6. The van der Waals surface area contributed by atoms with Gasteiger partial charge in [-0.1, -0.05) is 18.2 Å². The van der Waals surface area contributed by atoms with Crippen LogP contribution in [-0.4, -0.2) is 29.2 Å². The topological polar surface area (TPSA) is 66.1 Å². The summed E-state index contributed by atoms with van der Waals surface area (Å²) in [4.78, 5) is 18.4. The van der Waals surface area contributed by atoms with Crippen molar-refractivity contribution < 1.29 is 4.79 Å². The molecule has 0 aliphatic carbocycles. The van der Waals surface area contributed by atoms with Gasteiger partial charge in [0, 0.05) is 44.4 Å². The maximum atomic E-state index is 12.7. The van der Waals surface area contributed by atoms with E-state index in [1.807, 2.05) is 78.5 Å². The molecule has 1 fully saturated rings. The van der Waals surface area contributed by atoms with Gasteiger partial charge in [-0.3, -0.25) is 9.78 Å². The van der Waals surface area contributed by atoms with E-state index in [1.54, 1.807) is 6.20 Å². The number of para-hydroxylation sites is 1. The second-order valence-electron chi connectivity index (χ2n) is 8.12. The van der Waals surface area contributed by atoms with Crippen LogP contribution >= 0.6 is 11.8 Å². The number of anilines is 3. The molecule has 6 heteroatoms. The molecule has 0 saturated carbocycles. The van der Waals surface area contributed by atoms with Crippen molar-refractivity contribution in [3.63, 3.8) is 0 Å². The number of aromatic nitrogens is 1. The summed E-state index contributed by atoms with van der Waals surface area (Å²) in [6.45, 7) is 2.19. The number of carbonyl (C=O) groups excluding carboxylic acids is 1. The van der Waals surface area contributed by atoms with E-state index in [0.717, 1.165) is 41.1 Å². The summed E-state index contributed by atoms with van der Waals surface area (Å²) in [6, 6.07) is 25.6. The van der Waals surface area contributed by atoms with E-state index < -0.39 is 0 Å². The predicted molar refractivity (Wildman–Crippen MR) is 138 cm³/mol. The van der Waals surface area contributed by atoms with Crippen molar-refractivity contribution in [2.45, 2.75) is 23.0 Å². The van der Waals surface area contributed by atoms with Crippen LogP contribution in [0.25, 0.3) is 10.9 Å². The average molecular weight is 455 g/mol. The maximum Gasteiger partial charge on any atom is 0.255 e. The maximum absolute atomic E-state index is 12.7. The first-order valence-corrected chi connectivity index (χ1v) is 12.1. The average Bonchev–Trinajstić information content (AvgIpc) is 2.86. The van der Waals surface area contributed by atoms with E-state index in [1.165, 1.54) is 17.7 Å². The molecule has 166 valence electrons. The van der Waals surface area contributed by atoms with Crippen LogP contribution in [0.1, 0.15) is 23.2 Å². The molecule has 0 bridgehead atoms. The summed E-state index contributed by atoms with van der Waals surface area (Å²) < 4.78 is 0. The Balaban J connectivity index is 1.20. The van der Waals surface area contributed by atoms with Crippen molar-refractivity contribution in [2.75, 3.05) is 23.7 Å². The molecule has 0 radical (unpaired) electrons. The van der Waals surface area contributed by atoms with E-state index in [4.69, 9.17) is 0 Å². The quantitative estimate of drug-likeness (QED) is 0.330. The van der Waals surface area contributed by atoms with Gasteiger partial charge in [0.25, 0.3) is 5.91 Å². The second-order valence-corrected chi connectivity index (χ2v) is 9.50. The number of thioether (sulfide) groups is 1. The van der Waals surface area contributed by atoms with Gasteiger partial charge in [-0.2, -0.15) is 0 Å². The molecule has 5 nitrogen and oxygen atoms in total. The Morgan fingerprint density at radius 1 is 0.879 bits per heavy atom. The number of hydrogen-bond acceptors (Lipinski definition) is 5. The van der Waals surface area contributed by atoms with Gasteiger partial charge in [0.05, 0.1) is 5.52 Å². The fourth-order valence-electron chi connectivity index (χ4n) is 3.99. The van der Waals surface area contributed by atoms with Gasteiger partial charge >= 0.3 is 0 Å². The Morgan fingerprint density at radius 3 is 2.39 bits per heavy atom. The number of carbonyl (C=O) groups is 1. The minimum absolute atomic E-state index is 0.116. The van der Waals surface area contributed by atoms with Gasteiger partial charge in [0.15, 0.2) is 0 Å². The standard InChI is InChI=1S/C27H26N4OS/c32-27(31-21-9-11-22(12-10-21)33-23-13-16-28-17-14-23)19-5-7-20(8-6-19)30-26-15-18-29-25-4-2-1-3-24(25)26/h1-12,15,18,23,28H,13-14,16-17H2,(H,29,30)(H,31,32). The molecule has 3 aromatic carbocycles. The third-order valence-corrected chi connectivity index (χ3v) is 7.13. The van der Waals surface area contributed by atoms with Crippen LogP contribution in [0.4, 0.5) is 17.1 Å². The summed E-state index contributed by atoms with van der Waals surface area (Å²) in [7, 11) is 0. The lowest BCUT2D eigenvalue weighted by Crippen LogP contribution is -2.29. The van der Waals surface area contributed by atoms with E-state index in [0.29, 0.717) is 10.8 Å². The van der Waals surface area contributed by atoms with Crippen molar-refractivity contribution in [3.8, 4) is 0 Å². The molecule has 1 aromatic heterocycles. The minimum Gasteiger partial charge on any atom is -0.355 e. The predicted octanol–water partition coefficient (Wildman–Crippen LogP) is 6.07. The van der Waals surface area contributed by atoms with Gasteiger partial charge in [-0.05, 0) is 86.6 Å². The van der Waals surface area contributed by atoms with E-state index in [2.05, 4.69) is 33.1 Å². The summed E-state index contributed by atoms with van der Waals surface area (Å²) >= 11 is 1.93. The lowest BCUT2D eigenvalue weighted by Gasteiger charge is -2.22. The number of amides is 1. The molecule has 4 aromatic rings. The second kappa shape index (κ2) is 10.1. The largest absolute Gasteiger partial charge is 0.355 e. The van der Waals surface area contributed by atoms with Gasteiger partial charge in [-0.25, -0.2) is 0 Å². The zero-order valence-electron chi connectivity index (χ0n) is 18.3. The highest BCUT2D eigenvalue weighted by molar-refractivity contribution is 8.00. The first-order valence-electron chi connectivity index (χ1n) is 11.2. The van der Waals surface area contributed by atoms with Crippen LogP contribution in [0.2, 0.25) is 0 Å². The van der Waals surface area contributed by atoms with E-state index in [9.17, 15) is 4.79 Å². The van der Waals surface area contributed by atoms with E-state index >= 15 is 0 Å². The molecule has 1 aliphatic rings. The Morgan fingerprint density at radius 2 is 1.61 bits per heavy atom. The molecular weight excluding hydrogens is 428 g/mol. The number of piperidine rings is 1. The lowest BCUT2D eigenvalue weighted by atomic mass is 10.1. The summed E-state index contributed by atoms with van der Waals surface area (Å²) in [6.07, 6.45) is 4.19. The first-order chi connectivity index (χ1) is 16.2. The number of hydrogen-bond donors (Lipinski definition) is 3. The molecule has 33 heavy (non-hydrogen) atoms. The van der Waals surface area contributed by atoms with Crippen LogP contribution in [0.5, 0.6) is 0 Å². The molecule has 3 N–H and O–H groups in total.